The van der Waals surface area contributed by atoms with Crippen molar-refractivity contribution in [3.05, 3.63) is 35.9 Å². The molecule has 21 heavy (non-hydrogen) atoms. The van der Waals surface area contributed by atoms with Gasteiger partial charge in [0.15, 0.2) is 0 Å². The number of nitrogens with zero attached hydrogens (tertiary/aromatic N) is 1. The van der Waals surface area contributed by atoms with Crippen molar-refractivity contribution in [3.8, 4) is 0 Å². The molecule has 3 rings (SSSR count). The molecule has 0 amide bonds. The summed E-state index contributed by atoms with van der Waals surface area (Å²) in [7, 11) is -3.55. The summed E-state index contributed by atoms with van der Waals surface area (Å²) in [6.07, 6.45) is 1.60. The molecule has 1 aliphatic heterocycles. The average Bonchev–Trinajstić information content (AvgIpc) is 3.16. The van der Waals surface area contributed by atoms with E-state index in [1.807, 2.05) is 30.3 Å². The van der Waals surface area contributed by atoms with E-state index in [9.17, 15) is 18.3 Å². The molecule has 0 aromatic heterocycles. The van der Waals surface area contributed by atoms with Gasteiger partial charge in [-0.25, -0.2) is 8.42 Å². The summed E-state index contributed by atoms with van der Waals surface area (Å²) in [5.41, 5.74) is 1.02. The van der Waals surface area contributed by atoms with E-state index in [2.05, 4.69) is 0 Å². The van der Waals surface area contributed by atoms with Gasteiger partial charge in [0.05, 0.1) is 5.25 Å². The number of carbonyl (C=O) groups is 1. The van der Waals surface area contributed by atoms with Crippen molar-refractivity contribution in [3.63, 3.8) is 0 Å². The molecule has 1 saturated carbocycles. The molecule has 4 atom stereocenters. The summed E-state index contributed by atoms with van der Waals surface area (Å²) in [6, 6.07) is 8.43. The molecule has 0 spiro atoms. The maximum atomic E-state index is 12.8. The van der Waals surface area contributed by atoms with E-state index in [1.54, 1.807) is 6.92 Å². The zero-order valence-electron chi connectivity index (χ0n) is 11.8. The van der Waals surface area contributed by atoms with Crippen LogP contribution in [-0.2, 0) is 14.8 Å². The first-order chi connectivity index (χ1) is 9.93. The fourth-order valence-electron chi connectivity index (χ4n) is 3.33. The second kappa shape index (κ2) is 5.10. The van der Waals surface area contributed by atoms with Crippen LogP contribution >= 0.6 is 0 Å². The van der Waals surface area contributed by atoms with Crippen LogP contribution in [0.15, 0.2) is 30.3 Å². The molecule has 0 radical (unpaired) electrons. The van der Waals surface area contributed by atoms with Crippen LogP contribution in [0.4, 0.5) is 0 Å². The Morgan fingerprint density at radius 2 is 1.90 bits per heavy atom. The van der Waals surface area contributed by atoms with Crippen LogP contribution in [-0.4, -0.2) is 41.1 Å². The number of hydrogen-bond donors (Lipinski definition) is 1. The first-order valence-corrected chi connectivity index (χ1v) is 8.73. The topological polar surface area (TPSA) is 74.7 Å². The molecule has 114 valence electrons. The van der Waals surface area contributed by atoms with Gasteiger partial charge in [0, 0.05) is 12.0 Å². The quantitative estimate of drug-likeness (QED) is 0.920. The maximum Gasteiger partial charge on any atom is 0.322 e. The largest absolute Gasteiger partial charge is 0.480 e. The molecule has 1 saturated heterocycles. The number of aliphatic carboxylic acids is 1. The van der Waals surface area contributed by atoms with Gasteiger partial charge < -0.3 is 5.11 Å². The standard InChI is InChI=1S/C15H19NO4S/c1-10-7-8-13(15(17)18)16(10)21(19,20)14-9-12(14)11-5-3-2-4-6-11/h2-6,10,12-14H,7-9H2,1H3,(H,17,18)/t10-,12-,13-,14+/m0/s1. The number of hydrogen-bond acceptors (Lipinski definition) is 3. The van der Waals surface area contributed by atoms with Crippen LogP contribution < -0.4 is 0 Å². The highest BCUT2D eigenvalue weighted by atomic mass is 32.2. The monoisotopic (exact) mass is 309 g/mol. The van der Waals surface area contributed by atoms with Crippen molar-refractivity contribution in [1.29, 1.82) is 0 Å². The van der Waals surface area contributed by atoms with Crippen LogP contribution in [0.5, 0.6) is 0 Å². The van der Waals surface area contributed by atoms with Gasteiger partial charge in [-0.1, -0.05) is 30.3 Å². The third-order valence-corrected chi connectivity index (χ3v) is 7.01. The smallest absolute Gasteiger partial charge is 0.322 e. The van der Waals surface area contributed by atoms with E-state index in [0.29, 0.717) is 19.3 Å². The second-order valence-corrected chi connectivity index (χ2v) is 8.00. The molecule has 1 heterocycles. The molecular weight excluding hydrogens is 290 g/mol. The molecular formula is C15H19NO4S. The van der Waals surface area contributed by atoms with Crippen molar-refractivity contribution in [2.45, 2.75) is 49.4 Å². The molecule has 1 N–H and O–H groups in total. The lowest BCUT2D eigenvalue weighted by Gasteiger charge is -2.25. The van der Waals surface area contributed by atoms with Gasteiger partial charge in [0.1, 0.15) is 6.04 Å². The Hall–Kier alpha value is -1.40. The highest BCUT2D eigenvalue weighted by Gasteiger charge is 2.55. The highest BCUT2D eigenvalue weighted by Crippen LogP contribution is 2.48. The van der Waals surface area contributed by atoms with E-state index in [4.69, 9.17) is 0 Å². The third kappa shape index (κ3) is 2.46. The van der Waals surface area contributed by atoms with Crippen LogP contribution in [0.25, 0.3) is 0 Å². The fourth-order valence-corrected chi connectivity index (χ4v) is 5.82. The number of benzene rings is 1. The molecule has 0 unspecified atom stereocenters. The zero-order valence-corrected chi connectivity index (χ0v) is 12.7. The Kier molecular flexibility index (Phi) is 3.53. The summed E-state index contributed by atoms with van der Waals surface area (Å²) >= 11 is 0. The zero-order chi connectivity index (χ0) is 15.2. The fraction of sp³-hybridized carbons (Fsp3) is 0.533. The molecule has 1 aliphatic carbocycles. The Morgan fingerprint density at radius 3 is 2.52 bits per heavy atom. The van der Waals surface area contributed by atoms with Crippen molar-refractivity contribution in [2.75, 3.05) is 0 Å². The summed E-state index contributed by atoms with van der Waals surface area (Å²) in [6.45, 7) is 1.79. The Morgan fingerprint density at radius 1 is 1.24 bits per heavy atom. The molecule has 0 bridgehead atoms. The molecule has 2 aliphatic rings. The van der Waals surface area contributed by atoms with E-state index in [0.717, 1.165) is 5.56 Å². The van der Waals surface area contributed by atoms with Crippen molar-refractivity contribution in [1.82, 2.24) is 4.31 Å². The third-order valence-electron chi connectivity index (χ3n) is 4.52. The Labute approximate surface area is 124 Å². The lowest BCUT2D eigenvalue weighted by Crippen LogP contribution is -2.45. The van der Waals surface area contributed by atoms with E-state index in [-0.39, 0.29) is 12.0 Å². The molecule has 6 heteroatoms. The minimum Gasteiger partial charge on any atom is -0.480 e. The van der Waals surface area contributed by atoms with Gasteiger partial charge in [-0.05, 0) is 31.7 Å². The van der Waals surface area contributed by atoms with E-state index < -0.39 is 27.3 Å². The SMILES string of the molecule is C[C@H]1CC[C@@H](C(=O)O)N1S(=O)(=O)[C@@H]1C[C@H]1c1ccccc1. The predicted octanol–water partition coefficient (Wildman–Crippen LogP) is 1.81. The number of carboxylic acid groups (broad SMARTS) is 1. The molecule has 1 aromatic rings. The van der Waals surface area contributed by atoms with E-state index in [1.165, 1.54) is 4.31 Å². The van der Waals surface area contributed by atoms with Crippen LogP contribution in [0.3, 0.4) is 0 Å². The van der Waals surface area contributed by atoms with Gasteiger partial charge >= 0.3 is 5.97 Å². The highest BCUT2D eigenvalue weighted by molar-refractivity contribution is 7.90. The number of rotatable bonds is 4. The van der Waals surface area contributed by atoms with Crippen LogP contribution in [0, 0.1) is 0 Å². The summed E-state index contributed by atoms with van der Waals surface area (Å²) in [5.74, 6) is -1.04. The van der Waals surface area contributed by atoms with Crippen LogP contribution in [0.2, 0.25) is 0 Å². The number of sulfonamides is 1. The minimum absolute atomic E-state index is 0.00144. The maximum absolute atomic E-state index is 12.8. The number of carboxylic acids is 1. The van der Waals surface area contributed by atoms with Gasteiger partial charge in [-0.15, -0.1) is 0 Å². The van der Waals surface area contributed by atoms with Gasteiger partial charge in [0.2, 0.25) is 10.0 Å². The average molecular weight is 309 g/mol. The van der Waals surface area contributed by atoms with E-state index >= 15 is 0 Å². The lowest BCUT2D eigenvalue weighted by atomic mass is 10.1. The minimum atomic E-state index is -3.55. The first kappa shape index (κ1) is 14.5. The normalized spacial score (nSPS) is 33.0. The Bertz CT molecular complexity index is 643. The molecule has 1 aromatic carbocycles. The van der Waals surface area contributed by atoms with Crippen molar-refractivity contribution >= 4 is 16.0 Å². The second-order valence-electron chi connectivity index (χ2n) is 5.95. The summed E-state index contributed by atoms with van der Waals surface area (Å²) < 4.78 is 26.8. The summed E-state index contributed by atoms with van der Waals surface area (Å²) in [5, 5.41) is 8.77. The molecule has 2 fully saturated rings. The first-order valence-electron chi connectivity index (χ1n) is 7.23. The van der Waals surface area contributed by atoms with Gasteiger partial charge in [-0.3, -0.25) is 4.79 Å². The predicted molar refractivity (Wildman–Crippen MR) is 78.5 cm³/mol. The van der Waals surface area contributed by atoms with Gasteiger partial charge in [0.25, 0.3) is 0 Å². The van der Waals surface area contributed by atoms with Gasteiger partial charge in [-0.2, -0.15) is 4.31 Å². The van der Waals surface area contributed by atoms with Crippen molar-refractivity contribution < 1.29 is 18.3 Å². The van der Waals surface area contributed by atoms with Crippen LogP contribution in [0.1, 0.15) is 37.7 Å². The van der Waals surface area contributed by atoms with Crippen molar-refractivity contribution in [2.24, 2.45) is 0 Å². The molecule has 5 nitrogen and oxygen atoms in total. The Balaban J connectivity index is 1.84. The lowest BCUT2D eigenvalue weighted by molar-refractivity contribution is -0.140. The summed E-state index contributed by atoms with van der Waals surface area (Å²) in [4.78, 5) is 11.3.